The molecule has 0 radical (unpaired) electrons. The Morgan fingerprint density at radius 3 is 2.57 bits per heavy atom. The first kappa shape index (κ1) is 9.97. The number of hydrogen-bond acceptors (Lipinski definition) is 2. The summed E-state index contributed by atoms with van der Waals surface area (Å²) in [5, 5.41) is 4.15. The fourth-order valence-electron chi connectivity index (χ4n) is 1.78. The number of ether oxygens (including phenoxy) is 1. The summed E-state index contributed by atoms with van der Waals surface area (Å²) < 4.78 is 5.72. The molecule has 2 rings (SSSR count). The molecule has 1 fully saturated rings. The average molecular weight is 212 g/mol. The first-order chi connectivity index (χ1) is 6.60. The smallest absolute Gasteiger partial charge is 0.142 e. The summed E-state index contributed by atoms with van der Waals surface area (Å²) >= 11 is 5.83. The van der Waals surface area contributed by atoms with Gasteiger partial charge in [0.25, 0.3) is 0 Å². The molecular weight excluding hydrogens is 198 g/mol. The van der Waals surface area contributed by atoms with Crippen LogP contribution in [0.4, 0.5) is 0 Å². The van der Waals surface area contributed by atoms with Crippen molar-refractivity contribution >= 4 is 11.6 Å². The molecule has 1 heterocycles. The van der Waals surface area contributed by atoms with Gasteiger partial charge in [0.2, 0.25) is 0 Å². The number of halogens is 1. The Labute approximate surface area is 89.2 Å². The first-order valence-electron chi connectivity index (χ1n) is 4.78. The lowest BCUT2D eigenvalue weighted by atomic mass is 10.1. The molecule has 14 heavy (non-hydrogen) atoms. The first-order valence-corrected chi connectivity index (χ1v) is 5.16. The van der Waals surface area contributed by atoms with Crippen molar-refractivity contribution in [1.29, 1.82) is 0 Å². The van der Waals surface area contributed by atoms with Crippen LogP contribution in [0.1, 0.15) is 19.4 Å². The summed E-state index contributed by atoms with van der Waals surface area (Å²) in [7, 11) is 0. The van der Waals surface area contributed by atoms with Crippen LogP contribution in [-0.2, 0) is 10.5 Å². The molecule has 1 aromatic rings. The summed E-state index contributed by atoms with van der Waals surface area (Å²) in [5.74, 6) is 0. The monoisotopic (exact) mass is 211 g/mol. The Morgan fingerprint density at radius 2 is 2.07 bits per heavy atom. The topological polar surface area (TPSA) is 21.3 Å². The summed E-state index contributed by atoms with van der Waals surface area (Å²) in [6, 6.07) is 8.16. The van der Waals surface area contributed by atoms with Gasteiger partial charge in [0, 0.05) is 11.1 Å². The zero-order chi connectivity index (χ0) is 10.2. The van der Waals surface area contributed by atoms with E-state index in [1.165, 1.54) is 0 Å². The van der Waals surface area contributed by atoms with E-state index >= 15 is 0 Å². The van der Waals surface area contributed by atoms with Gasteiger partial charge in [-0.05, 0) is 31.5 Å². The van der Waals surface area contributed by atoms with E-state index in [1.54, 1.807) is 0 Å². The fourth-order valence-corrected chi connectivity index (χ4v) is 1.91. The molecule has 1 N–H and O–H groups in total. The standard InChI is InChI=1S/C11H14ClNO/c1-8-7-14-11(2,13-8)9-3-5-10(12)6-4-9/h3-6,8,13H,7H2,1-2H3. The molecule has 3 heteroatoms. The molecule has 0 bridgehead atoms. The number of rotatable bonds is 1. The van der Waals surface area contributed by atoms with Gasteiger partial charge in [-0.3, -0.25) is 5.32 Å². The third kappa shape index (κ3) is 1.78. The van der Waals surface area contributed by atoms with Crippen LogP contribution in [0.5, 0.6) is 0 Å². The average Bonchev–Trinajstić information content (AvgIpc) is 2.48. The van der Waals surface area contributed by atoms with Gasteiger partial charge in [-0.2, -0.15) is 0 Å². The van der Waals surface area contributed by atoms with Gasteiger partial charge in [0.15, 0.2) is 0 Å². The van der Waals surface area contributed by atoms with E-state index in [4.69, 9.17) is 16.3 Å². The number of benzene rings is 1. The van der Waals surface area contributed by atoms with E-state index in [0.717, 1.165) is 17.2 Å². The van der Waals surface area contributed by atoms with Gasteiger partial charge in [0.1, 0.15) is 5.72 Å². The molecule has 2 atom stereocenters. The van der Waals surface area contributed by atoms with Gasteiger partial charge in [-0.15, -0.1) is 0 Å². The zero-order valence-corrected chi connectivity index (χ0v) is 9.14. The maximum absolute atomic E-state index is 5.83. The minimum absolute atomic E-state index is 0.357. The van der Waals surface area contributed by atoms with Gasteiger partial charge >= 0.3 is 0 Å². The second-order valence-electron chi connectivity index (χ2n) is 3.90. The van der Waals surface area contributed by atoms with E-state index in [0.29, 0.717) is 6.04 Å². The highest BCUT2D eigenvalue weighted by molar-refractivity contribution is 6.30. The lowest BCUT2D eigenvalue weighted by molar-refractivity contribution is 0.00237. The molecule has 2 nitrogen and oxygen atoms in total. The Morgan fingerprint density at radius 1 is 1.43 bits per heavy atom. The maximum Gasteiger partial charge on any atom is 0.142 e. The van der Waals surface area contributed by atoms with Crippen LogP contribution in [0.25, 0.3) is 0 Å². The lowest BCUT2D eigenvalue weighted by Crippen LogP contribution is -2.37. The van der Waals surface area contributed by atoms with Gasteiger partial charge in [-0.1, -0.05) is 23.7 Å². The summed E-state index contributed by atoms with van der Waals surface area (Å²) in [6.07, 6.45) is 0. The third-order valence-corrected chi connectivity index (χ3v) is 2.79. The number of hydrogen-bond donors (Lipinski definition) is 1. The third-order valence-electron chi connectivity index (χ3n) is 2.54. The van der Waals surface area contributed by atoms with E-state index in [-0.39, 0.29) is 5.72 Å². The zero-order valence-electron chi connectivity index (χ0n) is 8.38. The van der Waals surface area contributed by atoms with Gasteiger partial charge in [-0.25, -0.2) is 0 Å². The van der Waals surface area contributed by atoms with Crippen molar-refractivity contribution in [3.8, 4) is 0 Å². The lowest BCUT2D eigenvalue weighted by Gasteiger charge is -2.24. The Hall–Kier alpha value is -0.570. The summed E-state index contributed by atoms with van der Waals surface area (Å²) in [5.41, 5.74) is 0.760. The molecule has 1 aliphatic heterocycles. The normalized spacial score (nSPS) is 32.1. The highest BCUT2D eigenvalue weighted by atomic mass is 35.5. The van der Waals surface area contributed by atoms with E-state index < -0.39 is 0 Å². The van der Waals surface area contributed by atoms with Crippen molar-refractivity contribution in [2.75, 3.05) is 6.61 Å². The predicted octanol–water partition coefficient (Wildman–Crippen LogP) is 2.52. The molecule has 1 saturated heterocycles. The van der Waals surface area contributed by atoms with Crippen molar-refractivity contribution in [3.63, 3.8) is 0 Å². The summed E-state index contributed by atoms with van der Waals surface area (Å²) in [4.78, 5) is 0. The largest absolute Gasteiger partial charge is 0.355 e. The Balaban J connectivity index is 2.26. The Kier molecular flexibility index (Phi) is 2.52. The fraction of sp³-hybridized carbons (Fsp3) is 0.455. The Bertz CT molecular complexity index is 325. The van der Waals surface area contributed by atoms with Crippen LogP contribution in [0.3, 0.4) is 0 Å². The molecule has 1 aliphatic rings. The van der Waals surface area contributed by atoms with E-state index in [2.05, 4.69) is 12.2 Å². The van der Waals surface area contributed by atoms with E-state index in [1.807, 2.05) is 31.2 Å². The second-order valence-corrected chi connectivity index (χ2v) is 4.33. The molecule has 76 valence electrons. The van der Waals surface area contributed by atoms with Gasteiger partial charge < -0.3 is 4.74 Å². The highest BCUT2D eigenvalue weighted by Crippen LogP contribution is 2.28. The molecule has 0 aliphatic carbocycles. The minimum atomic E-state index is -0.357. The maximum atomic E-state index is 5.83. The van der Waals surface area contributed by atoms with Crippen LogP contribution >= 0.6 is 11.6 Å². The predicted molar refractivity (Wildman–Crippen MR) is 57.4 cm³/mol. The van der Waals surface area contributed by atoms with Crippen LogP contribution in [0, 0.1) is 0 Å². The van der Waals surface area contributed by atoms with Crippen molar-refractivity contribution in [1.82, 2.24) is 5.32 Å². The van der Waals surface area contributed by atoms with Gasteiger partial charge in [0.05, 0.1) is 6.61 Å². The molecular formula is C11H14ClNO. The van der Waals surface area contributed by atoms with Crippen LogP contribution < -0.4 is 5.32 Å². The molecule has 0 aromatic heterocycles. The summed E-state index contributed by atoms with van der Waals surface area (Å²) in [6.45, 7) is 4.90. The van der Waals surface area contributed by atoms with Crippen molar-refractivity contribution in [2.45, 2.75) is 25.6 Å². The van der Waals surface area contributed by atoms with E-state index in [9.17, 15) is 0 Å². The molecule has 2 unspecified atom stereocenters. The highest BCUT2D eigenvalue weighted by Gasteiger charge is 2.34. The van der Waals surface area contributed by atoms with Crippen LogP contribution in [0.15, 0.2) is 24.3 Å². The molecule has 0 saturated carbocycles. The molecule has 1 aromatic carbocycles. The molecule has 0 amide bonds. The quantitative estimate of drug-likeness (QED) is 0.771. The van der Waals surface area contributed by atoms with Crippen LogP contribution in [0.2, 0.25) is 5.02 Å². The van der Waals surface area contributed by atoms with Crippen LogP contribution in [-0.4, -0.2) is 12.6 Å². The molecule has 0 spiro atoms. The number of nitrogens with one attached hydrogen (secondary N) is 1. The second kappa shape index (κ2) is 3.54. The van der Waals surface area contributed by atoms with Crippen molar-refractivity contribution in [3.05, 3.63) is 34.9 Å². The minimum Gasteiger partial charge on any atom is -0.355 e. The van der Waals surface area contributed by atoms with Crippen molar-refractivity contribution in [2.24, 2.45) is 0 Å². The van der Waals surface area contributed by atoms with Crippen molar-refractivity contribution < 1.29 is 4.74 Å². The SMILES string of the molecule is CC1COC(C)(c2ccc(Cl)cc2)N1.